The van der Waals surface area contributed by atoms with Crippen LogP contribution < -0.4 is 10.1 Å². The van der Waals surface area contributed by atoms with Crippen LogP contribution in [0, 0.1) is 19.8 Å². The number of aryl methyl sites for hydroxylation is 1. The zero-order valence-corrected chi connectivity index (χ0v) is 20.1. The summed E-state index contributed by atoms with van der Waals surface area (Å²) >= 11 is 0. The summed E-state index contributed by atoms with van der Waals surface area (Å²) in [5.41, 5.74) is -1.83. The Kier molecular flexibility index (Phi) is 6.45. The van der Waals surface area contributed by atoms with Gasteiger partial charge in [0.1, 0.15) is 5.56 Å². The van der Waals surface area contributed by atoms with Crippen LogP contribution in [0.2, 0.25) is 0 Å². The van der Waals surface area contributed by atoms with Gasteiger partial charge >= 0.3 is 6.18 Å². The molecule has 1 fully saturated rings. The number of ether oxygens (including phenoxy) is 1. The number of nitrogens with zero attached hydrogens (tertiary/aromatic N) is 3. The van der Waals surface area contributed by atoms with E-state index in [0.717, 1.165) is 32.1 Å². The standard InChI is InChI=1S/C23H20F4N4O4S/c1-11-9-16(13-7-8-13)29-20(24)18(11)35-22-17(12(2)19(30-31-22)23(25,26)27)21(32)28-14-5-4-6-15(10-14)36(3,33)34/h4-6,9-10,13H,7-8H2,1-3H3,(H,28,32). The first-order valence-corrected chi connectivity index (χ1v) is 12.6. The first-order chi connectivity index (χ1) is 16.8. The second-order valence-corrected chi connectivity index (χ2v) is 10.5. The first-order valence-electron chi connectivity index (χ1n) is 10.7. The fraction of sp³-hybridized carbons (Fsp3) is 0.304. The van der Waals surface area contributed by atoms with Gasteiger partial charge in [0.25, 0.3) is 17.7 Å². The number of hydrogen-bond acceptors (Lipinski definition) is 7. The van der Waals surface area contributed by atoms with Gasteiger partial charge in [0.05, 0.1) is 4.90 Å². The summed E-state index contributed by atoms with van der Waals surface area (Å²) in [6.07, 6.45) is -2.22. The van der Waals surface area contributed by atoms with Gasteiger partial charge in [0, 0.05) is 23.6 Å². The Morgan fingerprint density at radius 2 is 1.83 bits per heavy atom. The van der Waals surface area contributed by atoms with Gasteiger partial charge in [0.2, 0.25) is 0 Å². The van der Waals surface area contributed by atoms with Crippen LogP contribution in [0.25, 0.3) is 0 Å². The van der Waals surface area contributed by atoms with Crippen molar-refractivity contribution in [2.75, 3.05) is 11.6 Å². The molecular formula is C23H20F4N4O4S. The van der Waals surface area contributed by atoms with Crippen molar-refractivity contribution < 1.29 is 35.5 Å². The summed E-state index contributed by atoms with van der Waals surface area (Å²) in [4.78, 5) is 16.9. The number of hydrogen-bond donors (Lipinski definition) is 1. The molecule has 0 saturated heterocycles. The van der Waals surface area contributed by atoms with Crippen molar-refractivity contribution in [1.29, 1.82) is 0 Å². The van der Waals surface area contributed by atoms with Crippen LogP contribution in [-0.2, 0) is 16.0 Å². The van der Waals surface area contributed by atoms with Crippen LogP contribution >= 0.6 is 0 Å². The minimum atomic E-state index is -4.94. The SMILES string of the molecule is Cc1cc(C2CC2)nc(F)c1Oc1nnc(C(F)(F)F)c(C)c1C(=O)Nc1cccc(S(C)(=O)=O)c1. The molecule has 2 heterocycles. The zero-order valence-electron chi connectivity index (χ0n) is 19.3. The number of halogens is 4. The fourth-order valence-electron chi connectivity index (χ4n) is 3.56. The highest BCUT2D eigenvalue weighted by Crippen LogP contribution is 2.41. The highest BCUT2D eigenvalue weighted by molar-refractivity contribution is 7.90. The molecule has 13 heteroatoms. The van der Waals surface area contributed by atoms with Crippen molar-refractivity contribution in [3.63, 3.8) is 0 Å². The number of alkyl halides is 3. The molecule has 8 nitrogen and oxygen atoms in total. The molecule has 0 aliphatic heterocycles. The Labute approximate surface area is 203 Å². The van der Waals surface area contributed by atoms with E-state index in [2.05, 4.69) is 20.5 Å². The number of anilines is 1. The summed E-state index contributed by atoms with van der Waals surface area (Å²) in [5, 5.41) is 8.93. The first kappa shape index (κ1) is 25.5. The predicted octanol–water partition coefficient (Wildman–Crippen LogP) is 4.97. The van der Waals surface area contributed by atoms with Crippen molar-refractivity contribution in [3.05, 3.63) is 64.4 Å². The number of carbonyl (C=O) groups excluding carboxylic acids is 1. The molecule has 36 heavy (non-hydrogen) atoms. The number of benzene rings is 1. The van der Waals surface area contributed by atoms with Gasteiger partial charge < -0.3 is 10.1 Å². The molecule has 190 valence electrons. The quantitative estimate of drug-likeness (QED) is 0.358. The van der Waals surface area contributed by atoms with Crippen molar-refractivity contribution in [3.8, 4) is 11.6 Å². The Hall–Kier alpha value is -3.61. The van der Waals surface area contributed by atoms with Crippen molar-refractivity contribution >= 4 is 21.4 Å². The Morgan fingerprint density at radius 3 is 2.42 bits per heavy atom. The lowest BCUT2D eigenvalue weighted by Gasteiger charge is -2.17. The molecule has 0 bridgehead atoms. The summed E-state index contributed by atoms with van der Waals surface area (Å²) in [7, 11) is -3.62. The average molecular weight is 524 g/mol. The molecule has 1 saturated carbocycles. The highest BCUT2D eigenvalue weighted by Gasteiger charge is 2.38. The summed E-state index contributed by atoms with van der Waals surface area (Å²) in [6.45, 7) is 2.54. The minimum absolute atomic E-state index is 0.00328. The van der Waals surface area contributed by atoms with Gasteiger partial charge in [-0.3, -0.25) is 4.79 Å². The molecule has 0 spiro atoms. The topological polar surface area (TPSA) is 111 Å². The largest absolute Gasteiger partial charge is 0.435 e. The molecular weight excluding hydrogens is 504 g/mol. The van der Waals surface area contributed by atoms with Crippen molar-refractivity contribution in [2.45, 2.75) is 43.7 Å². The summed E-state index contributed by atoms with van der Waals surface area (Å²) < 4.78 is 84.4. The van der Waals surface area contributed by atoms with E-state index >= 15 is 0 Å². The van der Waals surface area contributed by atoms with Crippen LogP contribution in [0.15, 0.2) is 35.2 Å². The molecule has 0 radical (unpaired) electrons. The number of aromatic nitrogens is 3. The number of rotatable bonds is 6. The van der Waals surface area contributed by atoms with E-state index in [1.54, 1.807) is 6.07 Å². The van der Waals surface area contributed by atoms with Crippen LogP contribution in [0.3, 0.4) is 0 Å². The van der Waals surface area contributed by atoms with Gasteiger partial charge in [0.15, 0.2) is 21.3 Å². The van der Waals surface area contributed by atoms with Crippen LogP contribution in [0.5, 0.6) is 11.6 Å². The highest BCUT2D eigenvalue weighted by atomic mass is 32.2. The molecule has 1 amide bonds. The predicted molar refractivity (Wildman–Crippen MR) is 120 cm³/mol. The van der Waals surface area contributed by atoms with Crippen molar-refractivity contribution in [2.24, 2.45) is 0 Å². The van der Waals surface area contributed by atoms with Crippen LogP contribution in [-0.4, -0.2) is 35.8 Å². The molecule has 4 rings (SSSR count). The van der Waals surface area contributed by atoms with Crippen molar-refractivity contribution in [1.82, 2.24) is 15.2 Å². The van der Waals surface area contributed by atoms with E-state index in [4.69, 9.17) is 4.74 Å². The van der Waals surface area contributed by atoms with Crippen LogP contribution in [0.4, 0.5) is 23.2 Å². The molecule has 0 unspecified atom stereocenters. The van der Waals surface area contributed by atoms with Crippen LogP contribution in [0.1, 0.15) is 51.6 Å². The lowest BCUT2D eigenvalue weighted by atomic mass is 10.1. The fourth-order valence-corrected chi connectivity index (χ4v) is 4.23. The number of carbonyl (C=O) groups is 1. The van der Waals surface area contributed by atoms with Gasteiger partial charge in [-0.2, -0.15) is 17.6 Å². The second kappa shape index (κ2) is 9.12. The Morgan fingerprint density at radius 1 is 1.14 bits per heavy atom. The Bertz CT molecular complexity index is 1450. The lowest BCUT2D eigenvalue weighted by molar-refractivity contribution is -0.142. The lowest BCUT2D eigenvalue weighted by Crippen LogP contribution is -2.21. The molecule has 3 aromatic rings. The van der Waals surface area contributed by atoms with E-state index < -0.39 is 56.3 Å². The number of sulfone groups is 1. The number of pyridine rings is 1. The van der Waals surface area contributed by atoms with Gasteiger partial charge in [-0.1, -0.05) is 6.07 Å². The van der Waals surface area contributed by atoms with Gasteiger partial charge in [-0.05, 0) is 62.1 Å². The number of amides is 1. The summed E-state index contributed by atoms with van der Waals surface area (Å²) in [6, 6.07) is 6.76. The monoisotopic (exact) mass is 524 g/mol. The van der Waals surface area contributed by atoms with E-state index in [-0.39, 0.29) is 16.5 Å². The van der Waals surface area contributed by atoms with E-state index in [1.807, 2.05) is 0 Å². The Balaban J connectivity index is 1.76. The summed E-state index contributed by atoms with van der Waals surface area (Å²) in [5.74, 6) is -3.01. The maximum atomic E-state index is 14.8. The molecule has 1 N–H and O–H groups in total. The maximum Gasteiger partial charge on any atom is 0.435 e. The van der Waals surface area contributed by atoms with E-state index in [1.165, 1.54) is 25.1 Å². The smallest absolute Gasteiger partial charge is 0.432 e. The van der Waals surface area contributed by atoms with E-state index in [9.17, 15) is 30.8 Å². The molecule has 0 atom stereocenters. The second-order valence-electron chi connectivity index (χ2n) is 8.47. The van der Waals surface area contributed by atoms with Gasteiger partial charge in [-0.25, -0.2) is 13.4 Å². The third-order valence-corrected chi connectivity index (χ3v) is 6.64. The maximum absolute atomic E-state index is 14.8. The molecule has 2 aromatic heterocycles. The number of nitrogens with one attached hydrogen (secondary N) is 1. The van der Waals surface area contributed by atoms with Gasteiger partial charge in [-0.15, -0.1) is 10.2 Å². The zero-order chi connectivity index (χ0) is 26.4. The third kappa shape index (κ3) is 5.30. The normalized spacial score (nSPS) is 14.0. The third-order valence-electron chi connectivity index (χ3n) is 5.53. The average Bonchev–Trinajstić information content (AvgIpc) is 3.60. The minimum Gasteiger partial charge on any atom is -0.432 e. The molecule has 1 aliphatic rings. The molecule has 1 aromatic carbocycles. The van der Waals surface area contributed by atoms with E-state index in [0.29, 0.717) is 11.3 Å². The molecule has 1 aliphatic carbocycles.